The van der Waals surface area contributed by atoms with Crippen molar-refractivity contribution in [3.05, 3.63) is 83.7 Å². The standard InChI is InChI=1S/C27H31NO5/c1-31-25-12-7-22(8-13-25)19-33-27-16-20(9-14-26(27)32-2)5-10-23(29)17-24(30)11-6-21-4-3-15-28-18-21/h3-4,7-9,12-16,18,24,30H,5-6,10-11,17,19H2,1-2H3. The molecule has 174 valence electrons. The summed E-state index contributed by atoms with van der Waals surface area (Å²) in [4.78, 5) is 16.4. The summed E-state index contributed by atoms with van der Waals surface area (Å²) in [5, 5.41) is 10.2. The summed E-state index contributed by atoms with van der Waals surface area (Å²) in [5.41, 5.74) is 3.06. The predicted molar refractivity (Wildman–Crippen MR) is 127 cm³/mol. The van der Waals surface area contributed by atoms with Gasteiger partial charge in [0.15, 0.2) is 11.5 Å². The van der Waals surface area contributed by atoms with E-state index in [9.17, 15) is 9.90 Å². The molecule has 6 heteroatoms. The molecule has 1 aromatic heterocycles. The van der Waals surface area contributed by atoms with E-state index in [1.165, 1.54) is 0 Å². The number of hydrogen-bond donors (Lipinski definition) is 1. The molecule has 0 radical (unpaired) electrons. The fourth-order valence-electron chi connectivity index (χ4n) is 3.50. The number of carbonyl (C=O) groups is 1. The van der Waals surface area contributed by atoms with Crippen LogP contribution in [0.1, 0.15) is 36.0 Å². The van der Waals surface area contributed by atoms with Gasteiger partial charge in [-0.25, -0.2) is 0 Å². The molecule has 0 amide bonds. The normalized spacial score (nSPS) is 11.6. The number of benzene rings is 2. The molecule has 0 aliphatic carbocycles. The lowest BCUT2D eigenvalue weighted by Crippen LogP contribution is -2.15. The largest absolute Gasteiger partial charge is 0.497 e. The number of pyridine rings is 1. The summed E-state index contributed by atoms with van der Waals surface area (Å²) >= 11 is 0. The second-order valence-electron chi connectivity index (χ2n) is 7.92. The number of aryl methyl sites for hydroxylation is 2. The lowest BCUT2D eigenvalue weighted by Gasteiger charge is -2.13. The summed E-state index contributed by atoms with van der Waals surface area (Å²) in [5.74, 6) is 2.12. The van der Waals surface area contributed by atoms with E-state index >= 15 is 0 Å². The molecule has 1 heterocycles. The molecule has 1 unspecified atom stereocenters. The van der Waals surface area contributed by atoms with Gasteiger partial charge in [-0.05, 0) is 66.3 Å². The van der Waals surface area contributed by atoms with Gasteiger partial charge in [-0.1, -0.05) is 24.3 Å². The number of nitrogens with zero attached hydrogens (tertiary/aromatic N) is 1. The van der Waals surface area contributed by atoms with Crippen LogP contribution in [0.15, 0.2) is 67.0 Å². The van der Waals surface area contributed by atoms with Crippen molar-refractivity contribution in [1.29, 1.82) is 0 Å². The van der Waals surface area contributed by atoms with Crippen LogP contribution < -0.4 is 14.2 Å². The van der Waals surface area contributed by atoms with Gasteiger partial charge in [0, 0.05) is 25.2 Å². The van der Waals surface area contributed by atoms with E-state index in [-0.39, 0.29) is 12.2 Å². The molecule has 1 atom stereocenters. The van der Waals surface area contributed by atoms with E-state index in [2.05, 4.69) is 4.98 Å². The third-order valence-electron chi connectivity index (χ3n) is 5.43. The highest BCUT2D eigenvalue weighted by molar-refractivity contribution is 5.79. The Kier molecular flexibility index (Phi) is 9.27. The SMILES string of the molecule is COc1ccc(COc2cc(CCC(=O)CC(O)CCc3cccnc3)ccc2OC)cc1. The Morgan fingerprint density at radius 1 is 0.939 bits per heavy atom. The molecule has 0 fully saturated rings. The first kappa shape index (κ1) is 24.3. The average Bonchev–Trinajstić information content (AvgIpc) is 2.86. The molecule has 0 saturated carbocycles. The third kappa shape index (κ3) is 7.91. The number of rotatable bonds is 13. The Balaban J connectivity index is 1.49. The number of carbonyl (C=O) groups excluding carboxylic acids is 1. The van der Waals surface area contributed by atoms with Crippen molar-refractivity contribution < 1.29 is 24.1 Å². The van der Waals surface area contributed by atoms with Crippen LogP contribution in [0.3, 0.4) is 0 Å². The Morgan fingerprint density at radius 2 is 1.73 bits per heavy atom. The summed E-state index contributed by atoms with van der Waals surface area (Å²) in [7, 11) is 3.24. The minimum Gasteiger partial charge on any atom is -0.497 e. The van der Waals surface area contributed by atoms with Crippen LogP contribution in [0, 0.1) is 0 Å². The van der Waals surface area contributed by atoms with Crippen LogP contribution in [0.5, 0.6) is 17.2 Å². The predicted octanol–water partition coefficient (Wildman–Crippen LogP) is 4.56. The number of hydrogen-bond acceptors (Lipinski definition) is 6. The maximum absolute atomic E-state index is 12.4. The zero-order valence-corrected chi connectivity index (χ0v) is 19.2. The van der Waals surface area contributed by atoms with E-state index in [4.69, 9.17) is 14.2 Å². The fourth-order valence-corrected chi connectivity index (χ4v) is 3.50. The van der Waals surface area contributed by atoms with E-state index in [1.807, 2.05) is 54.6 Å². The quantitative estimate of drug-likeness (QED) is 0.412. The Bertz CT molecular complexity index is 1000. The summed E-state index contributed by atoms with van der Waals surface area (Å²) in [6.45, 7) is 0.395. The topological polar surface area (TPSA) is 77.9 Å². The minimum atomic E-state index is -0.642. The van der Waals surface area contributed by atoms with Crippen molar-refractivity contribution in [1.82, 2.24) is 4.98 Å². The maximum atomic E-state index is 12.4. The molecule has 1 N–H and O–H groups in total. The molecular weight excluding hydrogens is 418 g/mol. The molecule has 0 saturated heterocycles. The first-order valence-corrected chi connectivity index (χ1v) is 11.1. The van der Waals surface area contributed by atoms with Gasteiger partial charge in [0.05, 0.1) is 20.3 Å². The van der Waals surface area contributed by atoms with Crippen molar-refractivity contribution in [3.8, 4) is 17.2 Å². The number of aromatic nitrogens is 1. The fraction of sp³-hybridized carbons (Fsp3) is 0.333. The molecule has 6 nitrogen and oxygen atoms in total. The number of aliphatic hydroxyl groups is 1. The summed E-state index contributed by atoms with van der Waals surface area (Å²) in [6, 6.07) is 17.2. The second-order valence-corrected chi connectivity index (χ2v) is 7.92. The van der Waals surface area contributed by atoms with E-state index in [1.54, 1.807) is 26.6 Å². The smallest absolute Gasteiger partial charge is 0.161 e. The lowest BCUT2D eigenvalue weighted by atomic mass is 10.0. The van der Waals surface area contributed by atoms with Crippen LogP contribution in [0.4, 0.5) is 0 Å². The van der Waals surface area contributed by atoms with E-state index < -0.39 is 6.10 Å². The zero-order chi connectivity index (χ0) is 23.5. The number of ketones is 1. The summed E-state index contributed by atoms with van der Waals surface area (Å²) < 4.78 is 16.6. The van der Waals surface area contributed by atoms with Gasteiger partial charge in [-0.3, -0.25) is 9.78 Å². The van der Waals surface area contributed by atoms with Crippen molar-refractivity contribution in [2.24, 2.45) is 0 Å². The van der Waals surface area contributed by atoms with Crippen LogP contribution in [0.2, 0.25) is 0 Å². The Morgan fingerprint density at radius 3 is 2.42 bits per heavy atom. The van der Waals surface area contributed by atoms with Crippen LogP contribution >= 0.6 is 0 Å². The van der Waals surface area contributed by atoms with E-state index in [0.29, 0.717) is 43.8 Å². The molecule has 0 spiro atoms. The highest BCUT2D eigenvalue weighted by Gasteiger charge is 2.13. The molecule has 2 aromatic carbocycles. The molecule has 3 aromatic rings. The minimum absolute atomic E-state index is 0.0465. The lowest BCUT2D eigenvalue weighted by molar-refractivity contribution is -0.121. The van der Waals surface area contributed by atoms with Crippen molar-refractivity contribution in [2.75, 3.05) is 14.2 Å². The molecule has 0 aliphatic heterocycles. The molecule has 0 bridgehead atoms. The number of aliphatic hydroxyl groups excluding tert-OH is 1. The first-order valence-electron chi connectivity index (χ1n) is 11.1. The van der Waals surface area contributed by atoms with Gasteiger partial charge in [-0.2, -0.15) is 0 Å². The Labute approximate surface area is 195 Å². The number of Topliss-reactive ketones (excluding diaryl/α,β-unsaturated/α-hetero) is 1. The second kappa shape index (κ2) is 12.6. The van der Waals surface area contributed by atoms with Crippen molar-refractivity contribution in [2.45, 2.75) is 44.8 Å². The maximum Gasteiger partial charge on any atom is 0.161 e. The zero-order valence-electron chi connectivity index (χ0n) is 19.2. The number of ether oxygens (including phenoxy) is 3. The van der Waals surface area contributed by atoms with Crippen molar-refractivity contribution in [3.63, 3.8) is 0 Å². The van der Waals surface area contributed by atoms with Gasteiger partial charge in [0.25, 0.3) is 0 Å². The molecule has 3 rings (SSSR count). The van der Waals surface area contributed by atoms with Gasteiger partial charge in [0.1, 0.15) is 18.1 Å². The van der Waals surface area contributed by atoms with Crippen LogP contribution in [0.25, 0.3) is 0 Å². The van der Waals surface area contributed by atoms with Crippen LogP contribution in [-0.4, -0.2) is 36.2 Å². The third-order valence-corrected chi connectivity index (χ3v) is 5.43. The highest BCUT2D eigenvalue weighted by Crippen LogP contribution is 2.29. The van der Waals surface area contributed by atoms with Gasteiger partial charge in [-0.15, -0.1) is 0 Å². The van der Waals surface area contributed by atoms with Crippen LogP contribution in [-0.2, 0) is 24.2 Å². The Hall–Kier alpha value is -3.38. The highest BCUT2D eigenvalue weighted by atomic mass is 16.5. The number of methoxy groups -OCH3 is 2. The molecule has 33 heavy (non-hydrogen) atoms. The van der Waals surface area contributed by atoms with Gasteiger partial charge in [0.2, 0.25) is 0 Å². The van der Waals surface area contributed by atoms with E-state index in [0.717, 1.165) is 22.4 Å². The first-order chi connectivity index (χ1) is 16.1. The van der Waals surface area contributed by atoms with Gasteiger partial charge >= 0.3 is 0 Å². The average molecular weight is 450 g/mol. The van der Waals surface area contributed by atoms with Gasteiger partial charge < -0.3 is 19.3 Å². The molecular formula is C27H31NO5. The summed E-state index contributed by atoms with van der Waals surface area (Å²) in [6.07, 6.45) is 5.23. The monoisotopic (exact) mass is 449 g/mol. The van der Waals surface area contributed by atoms with Crippen molar-refractivity contribution >= 4 is 5.78 Å². The molecule has 0 aliphatic rings.